The number of nitrogens with zero attached hydrogens (tertiary/aromatic N) is 3. The van der Waals surface area contributed by atoms with Gasteiger partial charge in [-0.25, -0.2) is 4.68 Å². The zero-order chi connectivity index (χ0) is 11.8. The van der Waals surface area contributed by atoms with Crippen LogP contribution in [0.15, 0.2) is 47.4 Å². The summed E-state index contributed by atoms with van der Waals surface area (Å²) in [4.78, 5) is 0.960. The van der Waals surface area contributed by atoms with Gasteiger partial charge in [-0.15, -0.1) is 17.7 Å². The highest BCUT2D eigenvalue weighted by Gasteiger charge is 2.06. The second-order valence-corrected chi connectivity index (χ2v) is 4.44. The molecule has 1 aromatic heterocycles. The lowest BCUT2D eigenvalue weighted by molar-refractivity contribution is 0.821. The van der Waals surface area contributed by atoms with Gasteiger partial charge in [-0.2, -0.15) is 0 Å². The molecule has 1 heterocycles. The van der Waals surface area contributed by atoms with Crippen LogP contribution in [0.5, 0.6) is 0 Å². The van der Waals surface area contributed by atoms with Crippen molar-refractivity contribution >= 4 is 23.7 Å². The molecule has 0 amide bonds. The Kier molecular flexibility index (Phi) is 2.37. The predicted molar refractivity (Wildman–Crippen MR) is 70.9 cm³/mol. The summed E-state index contributed by atoms with van der Waals surface area (Å²) >= 11 is 4.43. The Balaban J connectivity index is 2.24. The summed E-state index contributed by atoms with van der Waals surface area (Å²) in [6.07, 6.45) is 0. The molecule has 4 heteroatoms. The quantitative estimate of drug-likeness (QED) is 0.664. The first-order chi connectivity index (χ1) is 8.25. The Morgan fingerprint density at radius 3 is 2.76 bits per heavy atom. The average Bonchev–Trinajstić information content (AvgIpc) is 2.76. The molecule has 0 radical (unpaired) electrons. The third-order valence-corrected chi connectivity index (χ3v) is 3.27. The van der Waals surface area contributed by atoms with E-state index in [0.29, 0.717) is 0 Å². The lowest BCUT2D eigenvalue weighted by Crippen LogP contribution is -1.96. The Bertz CT molecular complexity index is 688. The molecule has 0 unspecified atom stereocenters. The zero-order valence-electron chi connectivity index (χ0n) is 9.33. The minimum Gasteiger partial charge on any atom is -0.213 e. The van der Waals surface area contributed by atoms with Crippen LogP contribution in [-0.2, 0) is 0 Å². The first-order valence-corrected chi connectivity index (χ1v) is 5.81. The topological polar surface area (TPSA) is 30.7 Å². The molecule has 0 aliphatic rings. The van der Waals surface area contributed by atoms with Crippen LogP contribution in [0.4, 0.5) is 0 Å². The summed E-state index contributed by atoms with van der Waals surface area (Å²) in [6.45, 7) is 2.03. The van der Waals surface area contributed by atoms with Crippen LogP contribution in [0, 0.1) is 6.92 Å². The highest BCUT2D eigenvalue weighted by Crippen LogP contribution is 2.20. The molecule has 0 spiro atoms. The highest BCUT2D eigenvalue weighted by atomic mass is 32.1. The number of rotatable bonds is 1. The molecule has 0 saturated carbocycles. The van der Waals surface area contributed by atoms with E-state index in [4.69, 9.17) is 0 Å². The molecule has 0 bridgehead atoms. The number of thiol groups is 1. The minimum atomic E-state index is 0.897. The van der Waals surface area contributed by atoms with Crippen molar-refractivity contribution in [1.29, 1.82) is 0 Å². The third kappa shape index (κ3) is 1.70. The molecular formula is C13H11N3S. The van der Waals surface area contributed by atoms with E-state index < -0.39 is 0 Å². The Morgan fingerprint density at radius 2 is 1.94 bits per heavy atom. The number of aryl methyl sites for hydroxylation is 1. The van der Waals surface area contributed by atoms with Gasteiger partial charge in [0.2, 0.25) is 0 Å². The molecule has 0 saturated heterocycles. The van der Waals surface area contributed by atoms with Gasteiger partial charge in [-0.05, 0) is 36.8 Å². The second kappa shape index (κ2) is 3.89. The fourth-order valence-electron chi connectivity index (χ4n) is 1.79. The number of fused-ring (bicyclic) bond motifs is 1. The number of hydrogen-bond acceptors (Lipinski definition) is 3. The summed E-state index contributed by atoms with van der Waals surface area (Å²) in [5.74, 6) is 0. The lowest BCUT2D eigenvalue weighted by atomic mass is 10.2. The second-order valence-electron chi connectivity index (χ2n) is 3.96. The maximum absolute atomic E-state index is 4.43. The fourth-order valence-corrected chi connectivity index (χ4v) is 2.00. The molecule has 3 aromatic rings. The van der Waals surface area contributed by atoms with E-state index in [2.05, 4.69) is 22.9 Å². The average molecular weight is 241 g/mol. The maximum Gasteiger partial charge on any atom is 0.113 e. The van der Waals surface area contributed by atoms with Gasteiger partial charge >= 0.3 is 0 Å². The molecular weight excluding hydrogens is 230 g/mol. The smallest absolute Gasteiger partial charge is 0.113 e. The SMILES string of the molecule is Cc1ccc(-n2nnc3ccccc32)cc1S. The van der Waals surface area contributed by atoms with Crippen LogP contribution in [0.1, 0.15) is 5.56 Å². The maximum atomic E-state index is 4.43. The van der Waals surface area contributed by atoms with E-state index >= 15 is 0 Å². The van der Waals surface area contributed by atoms with Crippen LogP contribution in [0.25, 0.3) is 16.7 Å². The van der Waals surface area contributed by atoms with Gasteiger partial charge in [-0.3, -0.25) is 0 Å². The van der Waals surface area contributed by atoms with Crippen molar-refractivity contribution in [3.63, 3.8) is 0 Å². The van der Waals surface area contributed by atoms with E-state index in [0.717, 1.165) is 27.2 Å². The molecule has 2 aromatic carbocycles. The van der Waals surface area contributed by atoms with Gasteiger partial charge in [-0.1, -0.05) is 23.4 Å². The molecule has 84 valence electrons. The van der Waals surface area contributed by atoms with Crippen molar-refractivity contribution in [2.45, 2.75) is 11.8 Å². The first-order valence-electron chi connectivity index (χ1n) is 5.36. The highest BCUT2D eigenvalue weighted by molar-refractivity contribution is 7.80. The van der Waals surface area contributed by atoms with Crippen molar-refractivity contribution in [1.82, 2.24) is 15.0 Å². The standard InChI is InChI=1S/C13H11N3S/c1-9-6-7-10(8-13(9)17)16-12-5-3-2-4-11(12)14-15-16/h2-8,17H,1H3. The molecule has 0 atom stereocenters. The molecule has 0 fully saturated rings. The predicted octanol–water partition coefficient (Wildman–Crippen LogP) is 3.02. The number of benzene rings is 2. The van der Waals surface area contributed by atoms with Gasteiger partial charge in [0.1, 0.15) is 5.52 Å². The van der Waals surface area contributed by atoms with E-state index in [1.807, 2.05) is 54.1 Å². The van der Waals surface area contributed by atoms with Gasteiger partial charge < -0.3 is 0 Å². The van der Waals surface area contributed by atoms with E-state index in [9.17, 15) is 0 Å². The zero-order valence-corrected chi connectivity index (χ0v) is 10.2. The molecule has 0 aliphatic carbocycles. The number of hydrogen-bond donors (Lipinski definition) is 1. The summed E-state index contributed by atoms with van der Waals surface area (Å²) in [5.41, 5.74) is 4.04. The van der Waals surface area contributed by atoms with Crippen LogP contribution >= 0.6 is 12.6 Å². The van der Waals surface area contributed by atoms with E-state index in [-0.39, 0.29) is 0 Å². The Labute approximate surface area is 104 Å². The molecule has 3 nitrogen and oxygen atoms in total. The molecule has 0 aliphatic heterocycles. The van der Waals surface area contributed by atoms with Gasteiger partial charge in [0.05, 0.1) is 11.2 Å². The number of para-hydroxylation sites is 1. The van der Waals surface area contributed by atoms with Gasteiger partial charge in [0.25, 0.3) is 0 Å². The van der Waals surface area contributed by atoms with Gasteiger partial charge in [0.15, 0.2) is 0 Å². The van der Waals surface area contributed by atoms with E-state index in [1.165, 1.54) is 0 Å². The van der Waals surface area contributed by atoms with Crippen molar-refractivity contribution in [2.75, 3.05) is 0 Å². The van der Waals surface area contributed by atoms with E-state index in [1.54, 1.807) is 0 Å². The third-order valence-electron chi connectivity index (χ3n) is 2.79. The Hall–Kier alpha value is -1.81. The normalized spacial score (nSPS) is 10.9. The van der Waals surface area contributed by atoms with Gasteiger partial charge in [0, 0.05) is 4.90 Å². The summed E-state index contributed by atoms with van der Waals surface area (Å²) in [7, 11) is 0. The Morgan fingerprint density at radius 1 is 1.12 bits per heavy atom. The summed E-state index contributed by atoms with van der Waals surface area (Å²) in [5, 5.41) is 8.30. The van der Waals surface area contributed by atoms with Crippen molar-refractivity contribution < 1.29 is 0 Å². The van der Waals surface area contributed by atoms with Crippen LogP contribution < -0.4 is 0 Å². The largest absolute Gasteiger partial charge is 0.213 e. The molecule has 3 rings (SSSR count). The fraction of sp³-hybridized carbons (Fsp3) is 0.0769. The first kappa shape index (κ1) is 10.4. The summed E-state index contributed by atoms with van der Waals surface area (Å²) < 4.78 is 1.83. The number of aromatic nitrogens is 3. The van der Waals surface area contributed by atoms with Crippen molar-refractivity contribution in [2.24, 2.45) is 0 Å². The monoisotopic (exact) mass is 241 g/mol. The lowest BCUT2D eigenvalue weighted by Gasteiger charge is -2.04. The summed E-state index contributed by atoms with van der Waals surface area (Å²) in [6, 6.07) is 14.0. The van der Waals surface area contributed by atoms with Crippen LogP contribution in [0.3, 0.4) is 0 Å². The van der Waals surface area contributed by atoms with Crippen LogP contribution in [-0.4, -0.2) is 15.0 Å². The minimum absolute atomic E-state index is 0.897. The van der Waals surface area contributed by atoms with Crippen molar-refractivity contribution in [3.8, 4) is 5.69 Å². The molecule has 17 heavy (non-hydrogen) atoms. The molecule has 0 N–H and O–H groups in total. The van der Waals surface area contributed by atoms with Crippen molar-refractivity contribution in [3.05, 3.63) is 48.0 Å². The van der Waals surface area contributed by atoms with Crippen LogP contribution in [0.2, 0.25) is 0 Å².